The molecule has 0 spiro atoms. The van der Waals surface area contributed by atoms with Crippen LogP contribution in [0, 0.1) is 0 Å². The van der Waals surface area contributed by atoms with Crippen LogP contribution in [0.5, 0.6) is 5.75 Å². The molecule has 0 saturated heterocycles. The van der Waals surface area contributed by atoms with Crippen LogP contribution >= 0.6 is 27.5 Å². The van der Waals surface area contributed by atoms with E-state index in [9.17, 15) is 0 Å². The second-order valence-corrected chi connectivity index (χ2v) is 5.35. The molecule has 0 atom stereocenters. The molecule has 19 heavy (non-hydrogen) atoms. The van der Waals surface area contributed by atoms with Gasteiger partial charge in [0.1, 0.15) is 5.75 Å². The standard InChI is InChI=1S/C15H15BrClNO/c1-18(13-4-3-5-14(9-13)19-2)15-7-6-12(16)8-11(15)10-17/h3-9H,10H2,1-2H3. The van der Waals surface area contributed by atoms with Crippen LogP contribution < -0.4 is 9.64 Å². The molecule has 0 radical (unpaired) electrons. The van der Waals surface area contributed by atoms with Crippen molar-refractivity contribution in [2.24, 2.45) is 0 Å². The predicted molar refractivity (Wildman–Crippen MR) is 84.8 cm³/mol. The molecule has 0 fully saturated rings. The van der Waals surface area contributed by atoms with Gasteiger partial charge in [0.05, 0.1) is 7.11 Å². The zero-order chi connectivity index (χ0) is 13.8. The Bertz CT molecular complexity index is 574. The predicted octanol–water partition coefficient (Wildman–Crippen LogP) is 4.96. The van der Waals surface area contributed by atoms with Crippen molar-refractivity contribution in [3.63, 3.8) is 0 Å². The monoisotopic (exact) mass is 339 g/mol. The molecule has 4 heteroatoms. The quantitative estimate of drug-likeness (QED) is 0.729. The van der Waals surface area contributed by atoms with Crippen LogP contribution in [-0.4, -0.2) is 14.2 Å². The van der Waals surface area contributed by atoms with Crippen molar-refractivity contribution in [3.8, 4) is 5.75 Å². The number of benzene rings is 2. The van der Waals surface area contributed by atoms with E-state index in [0.29, 0.717) is 5.88 Å². The van der Waals surface area contributed by atoms with Gasteiger partial charge in [-0.1, -0.05) is 22.0 Å². The van der Waals surface area contributed by atoms with E-state index in [2.05, 4.69) is 26.9 Å². The van der Waals surface area contributed by atoms with Crippen molar-refractivity contribution in [2.45, 2.75) is 5.88 Å². The van der Waals surface area contributed by atoms with Gasteiger partial charge in [-0.25, -0.2) is 0 Å². The Morgan fingerprint density at radius 1 is 1.21 bits per heavy atom. The molecule has 2 rings (SSSR count). The molecule has 0 amide bonds. The second-order valence-electron chi connectivity index (χ2n) is 4.17. The van der Waals surface area contributed by atoms with Gasteiger partial charge >= 0.3 is 0 Å². The highest BCUT2D eigenvalue weighted by Crippen LogP contribution is 2.31. The zero-order valence-corrected chi connectivity index (χ0v) is 13.2. The highest BCUT2D eigenvalue weighted by atomic mass is 79.9. The molecular formula is C15H15BrClNO. The molecule has 0 saturated carbocycles. The molecule has 0 unspecified atom stereocenters. The van der Waals surface area contributed by atoms with Gasteiger partial charge < -0.3 is 9.64 Å². The first-order valence-corrected chi connectivity index (χ1v) is 7.20. The molecular weight excluding hydrogens is 326 g/mol. The van der Waals surface area contributed by atoms with Crippen molar-refractivity contribution in [1.29, 1.82) is 0 Å². The van der Waals surface area contributed by atoms with Gasteiger partial charge in [-0.05, 0) is 35.9 Å². The number of nitrogens with zero attached hydrogens (tertiary/aromatic N) is 1. The third-order valence-corrected chi connectivity index (χ3v) is 3.77. The number of halogens is 2. The first kappa shape index (κ1) is 14.2. The number of methoxy groups -OCH3 is 1. The lowest BCUT2D eigenvalue weighted by molar-refractivity contribution is 0.415. The van der Waals surface area contributed by atoms with Gasteiger partial charge in [-0.2, -0.15) is 0 Å². The lowest BCUT2D eigenvalue weighted by atomic mass is 10.1. The number of alkyl halides is 1. The molecule has 100 valence electrons. The van der Waals surface area contributed by atoms with E-state index in [4.69, 9.17) is 16.3 Å². The summed E-state index contributed by atoms with van der Waals surface area (Å²) >= 11 is 9.49. The summed E-state index contributed by atoms with van der Waals surface area (Å²) in [6, 6.07) is 14.1. The first-order valence-electron chi connectivity index (χ1n) is 5.88. The minimum Gasteiger partial charge on any atom is -0.497 e. The normalized spacial score (nSPS) is 10.3. The third-order valence-electron chi connectivity index (χ3n) is 2.99. The Morgan fingerprint density at radius 2 is 2.00 bits per heavy atom. The Kier molecular flexibility index (Phi) is 4.72. The Balaban J connectivity index is 2.40. The maximum absolute atomic E-state index is 6.02. The SMILES string of the molecule is COc1cccc(N(C)c2ccc(Br)cc2CCl)c1. The van der Waals surface area contributed by atoms with Crippen molar-refractivity contribution in [2.75, 3.05) is 19.1 Å². The van der Waals surface area contributed by atoms with E-state index in [-0.39, 0.29) is 0 Å². The molecule has 0 N–H and O–H groups in total. The van der Waals surface area contributed by atoms with Gasteiger partial charge in [0.2, 0.25) is 0 Å². The summed E-state index contributed by atoms with van der Waals surface area (Å²) in [7, 11) is 3.69. The highest BCUT2D eigenvalue weighted by Gasteiger charge is 2.10. The molecule has 0 aliphatic carbocycles. The maximum Gasteiger partial charge on any atom is 0.120 e. The molecule has 0 heterocycles. The van der Waals surface area contributed by atoms with Crippen LogP contribution in [-0.2, 0) is 5.88 Å². The molecule has 2 aromatic rings. The highest BCUT2D eigenvalue weighted by molar-refractivity contribution is 9.10. The van der Waals surface area contributed by atoms with Crippen molar-refractivity contribution < 1.29 is 4.74 Å². The van der Waals surface area contributed by atoms with Gasteiger partial charge in [0, 0.05) is 34.8 Å². The maximum atomic E-state index is 6.02. The van der Waals surface area contributed by atoms with E-state index >= 15 is 0 Å². The number of hydrogen-bond donors (Lipinski definition) is 0. The lowest BCUT2D eigenvalue weighted by Gasteiger charge is -2.22. The molecule has 0 bridgehead atoms. The van der Waals surface area contributed by atoms with Crippen LogP contribution in [0.3, 0.4) is 0 Å². The van der Waals surface area contributed by atoms with Crippen LogP contribution in [0.15, 0.2) is 46.9 Å². The van der Waals surface area contributed by atoms with E-state index in [0.717, 1.165) is 27.2 Å². The average molecular weight is 341 g/mol. The topological polar surface area (TPSA) is 12.5 Å². The van der Waals surface area contributed by atoms with Gasteiger partial charge in [0.25, 0.3) is 0 Å². The third kappa shape index (κ3) is 3.23. The van der Waals surface area contributed by atoms with Gasteiger partial charge in [-0.3, -0.25) is 0 Å². The van der Waals surface area contributed by atoms with Crippen molar-refractivity contribution >= 4 is 38.9 Å². The minimum absolute atomic E-state index is 0.475. The van der Waals surface area contributed by atoms with Crippen LogP contribution in [0.4, 0.5) is 11.4 Å². The number of hydrogen-bond acceptors (Lipinski definition) is 2. The molecule has 0 aliphatic heterocycles. The van der Waals surface area contributed by atoms with Gasteiger partial charge in [0.15, 0.2) is 0 Å². The first-order chi connectivity index (χ1) is 9.15. The summed E-state index contributed by atoms with van der Waals surface area (Å²) in [4.78, 5) is 2.10. The van der Waals surface area contributed by atoms with E-state index in [1.54, 1.807) is 7.11 Å². The number of anilines is 2. The fourth-order valence-electron chi connectivity index (χ4n) is 1.95. The summed E-state index contributed by atoms with van der Waals surface area (Å²) < 4.78 is 6.29. The Hall–Kier alpha value is -1.19. The second kappa shape index (κ2) is 6.31. The summed E-state index contributed by atoms with van der Waals surface area (Å²) in [6.07, 6.45) is 0. The largest absolute Gasteiger partial charge is 0.497 e. The fourth-order valence-corrected chi connectivity index (χ4v) is 2.57. The summed E-state index contributed by atoms with van der Waals surface area (Å²) in [5.74, 6) is 1.32. The van der Waals surface area contributed by atoms with Crippen molar-refractivity contribution in [3.05, 3.63) is 52.5 Å². The molecule has 0 aliphatic rings. The zero-order valence-electron chi connectivity index (χ0n) is 10.9. The number of ether oxygens (including phenoxy) is 1. The van der Waals surface area contributed by atoms with E-state index in [1.807, 2.05) is 43.4 Å². The average Bonchev–Trinajstić information content (AvgIpc) is 2.46. The summed E-state index contributed by atoms with van der Waals surface area (Å²) in [5, 5.41) is 0. The minimum atomic E-state index is 0.475. The molecule has 0 aromatic heterocycles. The van der Waals surface area contributed by atoms with E-state index in [1.165, 1.54) is 0 Å². The molecule has 2 aromatic carbocycles. The lowest BCUT2D eigenvalue weighted by Crippen LogP contribution is -2.11. The Labute approximate surface area is 127 Å². The fraction of sp³-hybridized carbons (Fsp3) is 0.200. The number of rotatable bonds is 4. The summed E-state index contributed by atoms with van der Waals surface area (Å²) in [5.41, 5.74) is 3.24. The van der Waals surface area contributed by atoms with Crippen LogP contribution in [0.2, 0.25) is 0 Å². The van der Waals surface area contributed by atoms with Crippen molar-refractivity contribution in [1.82, 2.24) is 0 Å². The van der Waals surface area contributed by atoms with Crippen LogP contribution in [0.25, 0.3) is 0 Å². The van der Waals surface area contributed by atoms with Gasteiger partial charge in [-0.15, -0.1) is 11.6 Å². The van der Waals surface area contributed by atoms with E-state index < -0.39 is 0 Å². The smallest absolute Gasteiger partial charge is 0.120 e. The Morgan fingerprint density at radius 3 is 2.68 bits per heavy atom. The summed E-state index contributed by atoms with van der Waals surface area (Å²) in [6.45, 7) is 0. The van der Waals surface area contributed by atoms with Crippen LogP contribution in [0.1, 0.15) is 5.56 Å². The molecule has 2 nitrogen and oxygen atoms in total.